The van der Waals surface area contributed by atoms with Gasteiger partial charge in [-0.1, -0.05) is 139 Å². The van der Waals surface area contributed by atoms with Crippen LogP contribution in [0.5, 0.6) is 0 Å². The molecule has 4 atom stereocenters. The van der Waals surface area contributed by atoms with E-state index >= 15 is 0 Å². The fourth-order valence-corrected chi connectivity index (χ4v) is 12.1. The van der Waals surface area contributed by atoms with E-state index in [9.17, 15) is 0 Å². The number of benzene rings is 3. The first-order chi connectivity index (χ1) is 20.7. The van der Waals surface area contributed by atoms with Crippen LogP contribution in [0.2, 0.25) is 23.2 Å². The van der Waals surface area contributed by atoms with Gasteiger partial charge in [0.1, 0.15) is 0 Å². The molecule has 1 aliphatic rings. The van der Waals surface area contributed by atoms with Gasteiger partial charge >= 0.3 is 0 Å². The fourth-order valence-electron chi connectivity index (χ4n) is 6.19. The molecule has 1 heterocycles. The van der Waals surface area contributed by atoms with Crippen LogP contribution in [0, 0.1) is 5.92 Å². The highest BCUT2D eigenvalue weighted by Gasteiger charge is 2.51. The molecule has 1 saturated heterocycles. The van der Waals surface area contributed by atoms with Crippen LogP contribution in [-0.2, 0) is 24.9 Å². The molecule has 0 amide bonds. The van der Waals surface area contributed by atoms with E-state index in [0.29, 0.717) is 25.7 Å². The van der Waals surface area contributed by atoms with Gasteiger partial charge in [-0.15, -0.1) is 0 Å². The summed E-state index contributed by atoms with van der Waals surface area (Å²) < 4.78 is 27.4. The molecule has 0 N–H and O–H groups in total. The summed E-state index contributed by atoms with van der Waals surface area (Å²) in [5, 5.41) is 2.65. The first-order valence-corrected chi connectivity index (χ1v) is 21.2. The standard InChI is InChI=1S/C38H56O4Si2/c1-30(27-39-28-31-19-13-10-14-20-31)25-35-36(42-43(8,9)37(2,3)4)26-32(41-35)29-40-44(38(5,6)7,33-21-15-11-16-22-33)34-23-17-12-18-24-34/h10-24,30,32,35-36H,25-29H2,1-9H3/t30-,32+,35-,36-/m0/s1. The summed E-state index contributed by atoms with van der Waals surface area (Å²) in [5.41, 5.74) is 1.21. The van der Waals surface area contributed by atoms with Gasteiger partial charge < -0.3 is 18.3 Å². The van der Waals surface area contributed by atoms with Crippen molar-refractivity contribution in [2.24, 2.45) is 5.92 Å². The van der Waals surface area contributed by atoms with Gasteiger partial charge in [0.05, 0.1) is 31.5 Å². The second-order valence-electron chi connectivity index (χ2n) is 15.3. The Bertz CT molecular complexity index is 1230. The van der Waals surface area contributed by atoms with Crippen molar-refractivity contribution in [1.82, 2.24) is 0 Å². The summed E-state index contributed by atoms with van der Waals surface area (Å²) >= 11 is 0. The maximum absolute atomic E-state index is 7.31. The highest BCUT2D eigenvalue weighted by atomic mass is 28.4. The Balaban J connectivity index is 1.53. The SMILES string of the molecule is C[C@H](COCc1ccccc1)C[C@@H]1O[C@@H](CO[Si](c2ccccc2)(c2ccccc2)C(C)(C)C)C[C@@H]1O[Si](C)(C)C(C)(C)C. The van der Waals surface area contributed by atoms with Crippen LogP contribution < -0.4 is 10.4 Å². The lowest BCUT2D eigenvalue weighted by Gasteiger charge is -2.43. The Labute approximate surface area is 269 Å². The maximum atomic E-state index is 7.31. The predicted molar refractivity (Wildman–Crippen MR) is 189 cm³/mol. The van der Waals surface area contributed by atoms with E-state index < -0.39 is 16.6 Å². The zero-order valence-electron chi connectivity index (χ0n) is 28.6. The molecule has 0 unspecified atom stereocenters. The average Bonchev–Trinajstić information content (AvgIpc) is 3.33. The van der Waals surface area contributed by atoms with Crippen molar-refractivity contribution in [3.8, 4) is 0 Å². The molecule has 44 heavy (non-hydrogen) atoms. The van der Waals surface area contributed by atoms with Crippen LogP contribution in [0.25, 0.3) is 0 Å². The molecule has 0 bridgehead atoms. The largest absolute Gasteiger partial charge is 0.411 e. The molecule has 4 nitrogen and oxygen atoms in total. The molecular formula is C38H56O4Si2. The minimum absolute atomic E-state index is 0.0196. The molecule has 0 spiro atoms. The lowest BCUT2D eigenvalue weighted by atomic mass is 10.0. The van der Waals surface area contributed by atoms with Crippen LogP contribution in [-0.4, -0.2) is 48.2 Å². The van der Waals surface area contributed by atoms with E-state index in [4.69, 9.17) is 18.3 Å². The highest BCUT2D eigenvalue weighted by Crippen LogP contribution is 2.41. The van der Waals surface area contributed by atoms with E-state index in [1.807, 2.05) is 6.07 Å². The van der Waals surface area contributed by atoms with Crippen molar-refractivity contribution in [2.45, 2.75) is 109 Å². The zero-order chi connectivity index (χ0) is 32.0. The smallest absolute Gasteiger partial charge is 0.261 e. The van der Waals surface area contributed by atoms with E-state index in [1.165, 1.54) is 15.9 Å². The van der Waals surface area contributed by atoms with Gasteiger partial charge in [-0.3, -0.25) is 0 Å². The minimum Gasteiger partial charge on any atom is -0.411 e. The van der Waals surface area contributed by atoms with E-state index in [1.54, 1.807) is 0 Å². The summed E-state index contributed by atoms with van der Waals surface area (Å²) in [6.45, 7) is 22.8. The third-order valence-corrected chi connectivity index (χ3v) is 19.1. The van der Waals surface area contributed by atoms with Gasteiger partial charge in [0.25, 0.3) is 8.32 Å². The number of rotatable bonds is 13. The first-order valence-electron chi connectivity index (χ1n) is 16.4. The van der Waals surface area contributed by atoms with Crippen LogP contribution in [0.1, 0.15) is 66.9 Å². The van der Waals surface area contributed by atoms with Crippen LogP contribution in [0.3, 0.4) is 0 Å². The molecule has 0 aromatic heterocycles. The van der Waals surface area contributed by atoms with Gasteiger partial charge in [0.2, 0.25) is 0 Å². The van der Waals surface area contributed by atoms with Crippen molar-refractivity contribution in [1.29, 1.82) is 0 Å². The summed E-state index contributed by atoms with van der Waals surface area (Å²) in [4.78, 5) is 0. The summed E-state index contributed by atoms with van der Waals surface area (Å²) in [5.74, 6) is 0.352. The second kappa shape index (κ2) is 14.6. The van der Waals surface area contributed by atoms with Crippen molar-refractivity contribution >= 4 is 27.0 Å². The molecule has 4 rings (SSSR count). The molecule has 1 aliphatic heterocycles. The maximum Gasteiger partial charge on any atom is 0.261 e. The Kier molecular flexibility index (Phi) is 11.5. The van der Waals surface area contributed by atoms with Gasteiger partial charge in [-0.05, 0) is 51.4 Å². The fraction of sp³-hybridized carbons (Fsp3) is 0.526. The van der Waals surface area contributed by atoms with E-state index in [-0.39, 0.29) is 28.4 Å². The van der Waals surface area contributed by atoms with Crippen LogP contribution >= 0.6 is 0 Å². The molecular weight excluding hydrogens is 577 g/mol. The van der Waals surface area contributed by atoms with Crippen molar-refractivity contribution < 1.29 is 18.3 Å². The highest BCUT2D eigenvalue weighted by molar-refractivity contribution is 6.99. The monoisotopic (exact) mass is 632 g/mol. The normalized spacial score (nSPS) is 20.5. The van der Waals surface area contributed by atoms with Crippen LogP contribution in [0.15, 0.2) is 91.0 Å². The topological polar surface area (TPSA) is 36.9 Å². The van der Waals surface area contributed by atoms with Crippen molar-refractivity contribution in [3.05, 3.63) is 96.6 Å². The quantitative estimate of drug-likeness (QED) is 0.178. The zero-order valence-corrected chi connectivity index (χ0v) is 30.6. The Hall–Kier alpha value is -2.07. The number of hydrogen-bond donors (Lipinski definition) is 0. The van der Waals surface area contributed by atoms with E-state index in [2.05, 4.69) is 146 Å². The Morgan fingerprint density at radius 2 is 1.30 bits per heavy atom. The van der Waals surface area contributed by atoms with E-state index in [0.717, 1.165) is 12.8 Å². The number of ether oxygens (including phenoxy) is 2. The Morgan fingerprint density at radius 1 is 0.773 bits per heavy atom. The van der Waals surface area contributed by atoms with Crippen molar-refractivity contribution in [2.75, 3.05) is 13.2 Å². The third kappa shape index (κ3) is 8.39. The molecule has 1 fully saturated rings. The van der Waals surface area contributed by atoms with Crippen LogP contribution in [0.4, 0.5) is 0 Å². The van der Waals surface area contributed by atoms with Gasteiger partial charge in [0, 0.05) is 13.0 Å². The number of hydrogen-bond acceptors (Lipinski definition) is 4. The lowest BCUT2D eigenvalue weighted by molar-refractivity contribution is -0.0235. The third-order valence-electron chi connectivity index (χ3n) is 9.58. The molecule has 3 aromatic rings. The minimum atomic E-state index is -2.65. The molecule has 6 heteroatoms. The first kappa shape index (κ1) is 34.8. The molecule has 0 saturated carbocycles. The Morgan fingerprint density at radius 3 is 1.80 bits per heavy atom. The summed E-state index contributed by atoms with van der Waals surface area (Å²) in [6.07, 6.45) is 1.82. The van der Waals surface area contributed by atoms with Gasteiger partial charge in [-0.25, -0.2) is 0 Å². The van der Waals surface area contributed by atoms with Gasteiger partial charge in [0.15, 0.2) is 8.32 Å². The molecule has 3 aromatic carbocycles. The predicted octanol–water partition coefficient (Wildman–Crippen LogP) is 8.35. The molecule has 0 radical (unpaired) electrons. The lowest BCUT2D eigenvalue weighted by Crippen LogP contribution is -2.67. The van der Waals surface area contributed by atoms with Crippen molar-refractivity contribution in [3.63, 3.8) is 0 Å². The second-order valence-corrected chi connectivity index (χ2v) is 24.3. The average molecular weight is 633 g/mol. The van der Waals surface area contributed by atoms with Gasteiger partial charge in [-0.2, -0.15) is 0 Å². The molecule has 0 aliphatic carbocycles. The molecule has 240 valence electrons. The summed E-state index contributed by atoms with van der Waals surface area (Å²) in [7, 11) is -4.65. The summed E-state index contributed by atoms with van der Waals surface area (Å²) in [6, 6.07) is 32.2.